The quantitative estimate of drug-likeness (QED) is 0.166. The van der Waals surface area contributed by atoms with E-state index in [1.54, 1.807) is 0 Å². The molecule has 0 aromatic carbocycles. The zero-order valence-electron chi connectivity index (χ0n) is 36.6. The lowest BCUT2D eigenvalue weighted by atomic mass is 9.77. The van der Waals surface area contributed by atoms with Crippen LogP contribution in [-0.4, -0.2) is 39.0 Å². The van der Waals surface area contributed by atoms with Gasteiger partial charge in [0.1, 0.15) is 0 Å². The second-order valence-corrected chi connectivity index (χ2v) is 16.6. The summed E-state index contributed by atoms with van der Waals surface area (Å²) >= 11 is 0. The van der Waals surface area contributed by atoms with Crippen LogP contribution < -0.4 is 0 Å². The Hall–Kier alpha value is -0.160. The van der Waals surface area contributed by atoms with E-state index in [4.69, 9.17) is 18.9 Å². The highest BCUT2D eigenvalue weighted by atomic mass is 16.8. The van der Waals surface area contributed by atoms with Crippen molar-refractivity contribution >= 4 is 0 Å². The standard InChI is InChI=1S/C10H22O4.2C9H18.2C8H18.4CH4/c1-5-11-9(12-6-2)10(13-7-3)14-8-4;1-7-4-8(2)6-9(3)5-7;1-7-4-5-8(2)9(3)6-7;1-6(2)8(5)7(3)4;1-5-7(3)8(4)6-2;;;;/h9-10H,5-8H2,1-4H3;2*7-9H,4-6H2,1-3H3;6-8H,1-5H3;7-8H,5-6H2,1-4H3;4*1H4. The van der Waals surface area contributed by atoms with Crippen LogP contribution in [0.2, 0.25) is 0 Å². The molecular formula is C48H110O4. The minimum absolute atomic E-state index is 0. The Balaban J connectivity index is -0.0000000971. The van der Waals surface area contributed by atoms with Crippen molar-refractivity contribution in [1.29, 1.82) is 0 Å². The molecule has 4 heteroatoms. The lowest BCUT2D eigenvalue weighted by Gasteiger charge is -2.29. The first-order valence-electron chi connectivity index (χ1n) is 20.9. The van der Waals surface area contributed by atoms with Crippen LogP contribution in [0.25, 0.3) is 0 Å². The van der Waals surface area contributed by atoms with Crippen molar-refractivity contribution in [3.05, 3.63) is 0 Å². The highest BCUT2D eigenvalue weighted by molar-refractivity contribution is 4.72. The van der Waals surface area contributed by atoms with Crippen LogP contribution in [0.3, 0.4) is 0 Å². The van der Waals surface area contributed by atoms with Crippen LogP contribution in [0.5, 0.6) is 0 Å². The van der Waals surface area contributed by atoms with E-state index >= 15 is 0 Å². The van der Waals surface area contributed by atoms with Crippen molar-refractivity contribution in [3.63, 3.8) is 0 Å². The van der Waals surface area contributed by atoms with Gasteiger partial charge in [0.05, 0.1) is 0 Å². The Morgan fingerprint density at radius 1 is 0.404 bits per heavy atom. The maximum Gasteiger partial charge on any atom is 0.209 e. The number of hydrogen-bond donors (Lipinski definition) is 0. The van der Waals surface area contributed by atoms with Crippen LogP contribution in [0.15, 0.2) is 0 Å². The van der Waals surface area contributed by atoms with E-state index in [2.05, 4.69) is 104 Å². The summed E-state index contributed by atoms with van der Waals surface area (Å²) < 4.78 is 21.5. The molecule has 2 aliphatic carbocycles. The van der Waals surface area contributed by atoms with Gasteiger partial charge in [-0.05, 0) is 118 Å². The third kappa shape index (κ3) is 36.8. The fraction of sp³-hybridized carbons (Fsp3) is 1.00. The van der Waals surface area contributed by atoms with Gasteiger partial charge in [0.25, 0.3) is 0 Å². The Kier molecular flexibility index (Phi) is 53.8. The SMILES string of the molecule is C.C.C.C.CC(C)C(C)C(C)C.CC1CC(C)CC(C)C1.CC1CCC(C)C(C)C1.CCC(C)C(C)CC.CCOC(OCC)C(OCC)OCC. The summed E-state index contributed by atoms with van der Waals surface area (Å²) in [7, 11) is 0. The van der Waals surface area contributed by atoms with E-state index in [-0.39, 0.29) is 29.7 Å². The van der Waals surface area contributed by atoms with Crippen LogP contribution in [0, 0.1) is 65.1 Å². The van der Waals surface area contributed by atoms with Gasteiger partial charge in [-0.2, -0.15) is 0 Å². The molecule has 2 aliphatic rings. The monoisotopic (exact) mass is 751 g/mol. The van der Waals surface area contributed by atoms with Gasteiger partial charge in [0.2, 0.25) is 12.6 Å². The molecule has 326 valence electrons. The van der Waals surface area contributed by atoms with E-state index in [0.29, 0.717) is 26.4 Å². The van der Waals surface area contributed by atoms with Gasteiger partial charge in [0, 0.05) is 26.4 Å². The molecule has 0 radical (unpaired) electrons. The van der Waals surface area contributed by atoms with Crippen molar-refractivity contribution in [2.45, 2.75) is 225 Å². The summed E-state index contributed by atoms with van der Waals surface area (Å²) in [6.07, 6.45) is 10.6. The molecule has 0 aromatic heterocycles. The topological polar surface area (TPSA) is 36.9 Å². The summed E-state index contributed by atoms with van der Waals surface area (Å²) in [5.41, 5.74) is 0. The summed E-state index contributed by atoms with van der Waals surface area (Å²) in [5.74, 6) is 10.3. The zero-order chi connectivity index (χ0) is 37.8. The maximum atomic E-state index is 5.38. The smallest absolute Gasteiger partial charge is 0.209 e. The van der Waals surface area contributed by atoms with Gasteiger partial charge >= 0.3 is 0 Å². The molecule has 0 spiro atoms. The van der Waals surface area contributed by atoms with E-state index < -0.39 is 12.6 Å². The van der Waals surface area contributed by atoms with Gasteiger partial charge in [-0.3, -0.25) is 0 Å². The summed E-state index contributed by atoms with van der Waals surface area (Å²) in [5, 5.41) is 0. The fourth-order valence-electron chi connectivity index (χ4n) is 6.81. The van der Waals surface area contributed by atoms with Gasteiger partial charge < -0.3 is 18.9 Å². The number of ether oxygens (including phenoxy) is 4. The van der Waals surface area contributed by atoms with E-state index in [9.17, 15) is 0 Å². The largest absolute Gasteiger partial charge is 0.348 e. The van der Waals surface area contributed by atoms with E-state index in [1.807, 2.05) is 27.7 Å². The predicted octanol–water partition coefficient (Wildman–Crippen LogP) is 16.5. The lowest BCUT2D eigenvalue weighted by molar-refractivity contribution is -0.281. The number of rotatable bonds is 14. The molecule has 5 unspecified atom stereocenters. The van der Waals surface area contributed by atoms with Crippen LogP contribution in [0.1, 0.15) is 213 Å². The van der Waals surface area contributed by atoms with E-state index in [0.717, 1.165) is 65.1 Å². The first-order chi connectivity index (χ1) is 22.4. The summed E-state index contributed by atoms with van der Waals surface area (Å²) in [6.45, 7) is 44.9. The average Bonchev–Trinajstić information content (AvgIpc) is 3.02. The summed E-state index contributed by atoms with van der Waals surface area (Å²) in [6, 6.07) is 0. The van der Waals surface area contributed by atoms with Crippen LogP contribution in [0.4, 0.5) is 0 Å². The van der Waals surface area contributed by atoms with Gasteiger partial charge in [-0.25, -0.2) is 0 Å². The third-order valence-corrected chi connectivity index (χ3v) is 11.2. The zero-order valence-corrected chi connectivity index (χ0v) is 36.6. The predicted molar refractivity (Wildman–Crippen MR) is 241 cm³/mol. The van der Waals surface area contributed by atoms with Gasteiger partial charge in [-0.1, -0.05) is 159 Å². The van der Waals surface area contributed by atoms with E-state index in [1.165, 1.54) is 51.4 Å². The molecule has 2 fully saturated rings. The fourth-order valence-corrected chi connectivity index (χ4v) is 6.81. The normalized spacial score (nSPS) is 23.3. The average molecular weight is 751 g/mol. The molecule has 0 heterocycles. The second kappa shape index (κ2) is 42.0. The minimum atomic E-state index is -0.426. The van der Waals surface area contributed by atoms with Crippen molar-refractivity contribution < 1.29 is 18.9 Å². The molecule has 2 rings (SSSR count). The molecular weight excluding hydrogens is 641 g/mol. The third-order valence-electron chi connectivity index (χ3n) is 11.2. The molecule has 4 nitrogen and oxygen atoms in total. The summed E-state index contributed by atoms with van der Waals surface area (Å²) in [4.78, 5) is 0. The molecule has 0 aromatic rings. The van der Waals surface area contributed by atoms with Crippen LogP contribution in [-0.2, 0) is 18.9 Å². The van der Waals surface area contributed by atoms with Crippen molar-refractivity contribution in [2.24, 2.45) is 65.1 Å². The van der Waals surface area contributed by atoms with Gasteiger partial charge in [0.15, 0.2) is 0 Å². The Bertz CT molecular complexity index is 585. The molecule has 5 atom stereocenters. The molecule has 52 heavy (non-hydrogen) atoms. The van der Waals surface area contributed by atoms with Crippen LogP contribution >= 0.6 is 0 Å². The Morgan fingerprint density at radius 3 is 0.865 bits per heavy atom. The molecule has 2 saturated carbocycles. The highest BCUT2D eigenvalue weighted by Gasteiger charge is 2.23. The van der Waals surface area contributed by atoms with Crippen molar-refractivity contribution in [1.82, 2.24) is 0 Å². The Labute approximate surface area is 334 Å². The highest BCUT2D eigenvalue weighted by Crippen LogP contribution is 2.33. The maximum absolute atomic E-state index is 5.38. The molecule has 0 saturated heterocycles. The minimum Gasteiger partial charge on any atom is -0.348 e. The first-order valence-corrected chi connectivity index (χ1v) is 20.9. The number of hydrogen-bond acceptors (Lipinski definition) is 4. The molecule has 0 amide bonds. The van der Waals surface area contributed by atoms with Crippen molar-refractivity contribution in [3.8, 4) is 0 Å². The Morgan fingerprint density at radius 2 is 0.692 bits per heavy atom. The molecule has 0 bridgehead atoms. The molecule has 0 aliphatic heterocycles. The molecule has 0 N–H and O–H groups in total. The first kappa shape index (κ1) is 66.6. The van der Waals surface area contributed by atoms with Gasteiger partial charge in [-0.15, -0.1) is 0 Å². The van der Waals surface area contributed by atoms with Crippen molar-refractivity contribution in [2.75, 3.05) is 26.4 Å². The second-order valence-electron chi connectivity index (χ2n) is 16.6. The lowest BCUT2D eigenvalue weighted by Crippen LogP contribution is -2.36.